The lowest BCUT2D eigenvalue weighted by atomic mass is 9.61. The van der Waals surface area contributed by atoms with Gasteiger partial charge in [0.25, 0.3) is 0 Å². The maximum absolute atomic E-state index is 11.5. The van der Waals surface area contributed by atoms with Crippen LogP contribution in [0.1, 0.15) is 27.2 Å². The number of nitrogens with one attached hydrogen (secondary N) is 1. The van der Waals surface area contributed by atoms with Gasteiger partial charge in [-0.3, -0.25) is 0 Å². The summed E-state index contributed by atoms with van der Waals surface area (Å²) in [5.74, 6) is 0.606. The Balaban J connectivity index is 2.14. The fourth-order valence-electron chi connectivity index (χ4n) is 5.45. The Morgan fingerprint density at radius 3 is 2.18 bits per heavy atom. The van der Waals surface area contributed by atoms with Crippen molar-refractivity contribution in [2.24, 2.45) is 11.8 Å². The van der Waals surface area contributed by atoms with E-state index in [2.05, 4.69) is 77.6 Å². The molecule has 0 aromatic heterocycles. The van der Waals surface area contributed by atoms with Gasteiger partial charge in [0.15, 0.2) is 5.66 Å². The lowest BCUT2D eigenvalue weighted by Crippen LogP contribution is -2.62. The zero-order valence-electron chi connectivity index (χ0n) is 17.9. The fraction of sp³-hybridized carbons (Fsp3) is 0.500. The number of likely N-dealkylation sites (tertiary alicyclic amines) is 1. The van der Waals surface area contributed by atoms with Crippen molar-refractivity contribution in [3.05, 3.63) is 74.4 Å². The van der Waals surface area contributed by atoms with Crippen LogP contribution in [-0.2, 0) is 0 Å². The summed E-state index contributed by atoms with van der Waals surface area (Å²) in [5, 5.41) is 1.94. The van der Waals surface area contributed by atoms with E-state index >= 15 is 0 Å². The van der Waals surface area contributed by atoms with Gasteiger partial charge < -0.3 is 4.90 Å². The molecule has 0 aliphatic carbocycles. The Morgan fingerprint density at radius 2 is 1.71 bits per heavy atom. The molecule has 2 bridgehead atoms. The maximum atomic E-state index is 11.5. The zero-order chi connectivity index (χ0) is 21.3. The number of piperidine rings is 2. The molecule has 0 aromatic rings. The zero-order valence-corrected chi connectivity index (χ0v) is 17.9. The van der Waals surface area contributed by atoms with Crippen molar-refractivity contribution >= 4 is 0 Å². The van der Waals surface area contributed by atoms with Gasteiger partial charge in [-0.25, -0.2) is 10.4 Å². The Hall–Kier alpha value is -1.72. The molecule has 5 atom stereocenters. The number of rotatable bonds is 5. The van der Waals surface area contributed by atoms with Crippen LogP contribution in [0.2, 0.25) is 0 Å². The summed E-state index contributed by atoms with van der Waals surface area (Å²) in [7, 11) is 2.17. The van der Waals surface area contributed by atoms with E-state index < -0.39 is 16.7 Å². The summed E-state index contributed by atoms with van der Waals surface area (Å²) in [6.07, 6.45) is 6.35. The third-order valence-electron chi connectivity index (χ3n) is 8.15. The molecule has 3 aliphatic heterocycles. The molecule has 0 aromatic carbocycles. The molecule has 0 amide bonds. The molecule has 4 nitrogen and oxygen atoms in total. The van der Waals surface area contributed by atoms with E-state index in [9.17, 15) is 5.73 Å². The predicted octanol–water partition coefficient (Wildman–Crippen LogP) is 3.66. The number of fused-ring (bicyclic) bond motifs is 2. The van der Waals surface area contributed by atoms with Crippen LogP contribution in [0.5, 0.6) is 0 Å². The second-order valence-electron chi connectivity index (χ2n) is 9.10. The van der Waals surface area contributed by atoms with Crippen molar-refractivity contribution in [2.75, 3.05) is 13.6 Å². The van der Waals surface area contributed by atoms with Gasteiger partial charge in [-0.1, -0.05) is 44.9 Å². The summed E-state index contributed by atoms with van der Waals surface area (Å²) in [5.41, 5.74) is 13.7. The Morgan fingerprint density at radius 1 is 1.14 bits per heavy atom. The molecule has 3 aliphatic rings. The summed E-state index contributed by atoms with van der Waals surface area (Å²) in [6.45, 7) is 33.0. The maximum Gasteiger partial charge on any atom is 0.164 e. The van der Waals surface area contributed by atoms with Gasteiger partial charge in [-0.05, 0) is 62.4 Å². The first-order chi connectivity index (χ1) is 12.9. The average molecular weight is 379 g/mol. The third-order valence-corrected chi connectivity index (χ3v) is 8.15. The molecule has 3 heterocycles. The normalized spacial score (nSPS) is 41.7. The molecule has 3 fully saturated rings. The van der Waals surface area contributed by atoms with Crippen LogP contribution >= 0.6 is 0 Å². The lowest BCUT2D eigenvalue weighted by Gasteiger charge is -2.55. The molecule has 3 saturated heterocycles. The molecule has 2 radical (unpaired) electrons. The quantitative estimate of drug-likeness (QED) is 0.743. The predicted molar refractivity (Wildman–Crippen MR) is 117 cm³/mol. The average Bonchev–Trinajstić information content (AvgIpc) is 3.04. The van der Waals surface area contributed by atoms with Gasteiger partial charge >= 0.3 is 0 Å². The smallest absolute Gasteiger partial charge is 0.164 e. The van der Waals surface area contributed by atoms with Crippen LogP contribution in [0.3, 0.4) is 0 Å². The topological polar surface area (TPSA) is 40.8 Å². The van der Waals surface area contributed by atoms with E-state index in [1.165, 1.54) is 0 Å². The molecule has 3 rings (SSSR count). The fourth-order valence-corrected chi connectivity index (χ4v) is 5.45. The highest BCUT2D eigenvalue weighted by Crippen LogP contribution is 2.59. The van der Waals surface area contributed by atoms with Crippen LogP contribution in [0, 0.1) is 11.8 Å². The summed E-state index contributed by atoms with van der Waals surface area (Å²) in [4.78, 5) is 2.41. The molecule has 150 valence electrons. The molecule has 1 N–H and O–H groups in total. The van der Waals surface area contributed by atoms with E-state index in [1.54, 1.807) is 12.2 Å². The Kier molecular flexibility index (Phi) is 4.60. The minimum Gasteiger partial charge on any atom is -0.301 e. The highest BCUT2D eigenvalue weighted by Gasteiger charge is 2.71. The van der Waals surface area contributed by atoms with E-state index in [-0.39, 0.29) is 11.5 Å². The number of hydrazine groups is 1. The molecular formula is C24H34N4. The highest BCUT2D eigenvalue weighted by atomic mass is 15.7. The van der Waals surface area contributed by atoms with Crippen molar-refractivity contribution in [2.45, 2.75) is 49.5 Å². The minimum absolute atomic E-state index is 0.0321. The van der Waals surface area contributed by atoms with E-state index in [1.807, 2.05) is 11.1 Å². The van der Waals surface area contributed by atoms with Crippen LogP contribution in [0.15, 0.2) is 74.4 Å². The van der Waals surface area contributed by atoms with Gasteiger partial charge in [0.1, 0.15) is 5.54 Å². The van der Waals surface area contributed by atoms with Gasteiger partial charge in [-0.2, -0.15) is 0 Å². The van der Waals surface area contributed by atoms with Crippen molar-refractivity contribution < 1.29 is 0 Å². The molecule has 28 heavy (non-hydrogen) atoms. The second-order valence-corrected chi connectivity index (χ2v) is 9.10. The highest BCUT2D eigenvalue weighted by molar-refractivity contribution is 5.63. The summed E-state index contributed by atoms with van der Waals surface area (Å²) in [6, 6.07) is 0. The lowest BCUT2D eigenvalue weighted by molar-refractivity contribution is 0.0152. The van der Waals surface area contributed by atoms with Crippen LogP contribution in [0.25, 0.3) is 0 Å². The molecule has 4 heteroatoms. The monoisotopic (exact) mass is 378 g/mol. The van der Waals surface area contributed by atoms with E-state index in [4.69, 9.17) is 0 Å². The van der Waals surface area contributed by atoms with Crippen molar-refractivity contribution in [1.82, 2.24) is 21.1 Å². The minimum atomic E-state index is -1.45. The number of nitrogens with zero attached hydrogens (tertiary/aromatic N) is 3. The largest absolute Gasteiger partial charge is 0.301 e. The summed E-state index contributed by atoms with van der Waals surface area (Å²) >= 11 is 0. The molecule has 5 unspecified atom stereocenters. The van der Waals surface area contributed by atoms with Crippen LogP contribution in [0.4, 0.5) is 0 Å². The van der Waals surface area contributed by atoms with Crippen molar-refractivity contribution in [3.63, 3.8) is 0 Å². The first kappa shape index (κ1) is 21.0. The Labute approximate surface area is 170 Å². The van der Waals surface area contributed by atoms with Gasteiger partial charge in [0.05, 0.1) is 5.54 Å². The van der Waals surface area contributed by atoms with Crippen LogP contribution < -0.4 is 11.2 Å². The van der Waals surface area contributed by atoms with Gasteiger partial charge in [0.2, 0.25) is 0 Å². The van der Waals surface area contributed by atoms with Crippen LogP contribution in [-0.4, -0.2) is 45.8 Å². The van der Waals surface area contributed by atoms with Crippen molar-refractivity contribution in [3.8, 4) is 0 Å². The first-order valence-electron chi connectivity index (χ1n) is 9.93. The SMILES string of the molecule is C=CC1(C=C)C(=C)C2([N])NN1C(C=C)(C(=C)C1CCN(C)C(C)(C)C1C)C2=C. The number of hydrogen-bond acceptors (Lipinski definition) is 3. The molecular weight excluding hydrogens is 344 g/mol. The van der Waals surface area contributed by atoms with Gasteiger partial charge in [-0.15, -0.1) is 25.5 Å². The van der Waals surface area contributed by atoms with E-state index in [0.29, 0.717) is 17.1 Å². The molecule has 0 saturated carbocycles. The van der Waals surface area contributed by atoms with Gasteiger partial charge in [0, 0.05) is 5.54 Å². The van der Waals surface area contributed by atoms with Crippen molar-refractivity contribution in [1.29, 1.82) is 0 Å². The standard InChI is InChI=1S/C24H34N4/c1-11-22(12-2)18(6)24(25)19(7)23(13-3,28(22)26-24)17(5)20-14-15-27(10)21(8,9)16(20)4/h11-13,16,20,26H,1-3,5-7,14-15H2,4,8-10H3. The third kappa shape index (κ3) is 2.09. The number of hydrogen-bond donors (Lipinski definition) is 1. The first-order valence-corrected chi connectivity index (χ1v) is 9.93. The van der Waals surface area contributed by atoms with E-state index in [0.717, 1.165) is 18.5 Å². The summed E-state index contributed by atoms with van der Waals surface area (Å²) < 4.78 is 0. The molecule has 0 spiro atoms. The Bertz CT molecular complexity index is 782. The second kappa shape index (κ2) is 6.14.